The molecule has 1 saturated carbocycles. The Kier molecular flexibility index (Phi) is 1.99. The van der Waals surface area contributed by atoms with E-state index in [1.54, 1.807) is 0 Å². The van der Waals surface area contributed by atoms with Gasteiger partial charge in [-0.05, 0) is 32.6 Å². The monoisotopic (exact) mass is 166 g/mol. The van der Waals surface area contributed by atoms with Gasteiger partial charge in [0.15, 0.2) is 0 Å². The summed E-state index contributed by atoms with van der Waals surface area (Å²) < 4.78 is 0. The van der Waals surface area contributed by atoms with Gasteiger partial charge in [0.05, 0.1) is 6.10 Å². The quantitative estimate of drug-likeness (QED) is 0.548. The predicted molar refractivity (Wildman–Crippen MR) is 49.9 cm³/mol. The van der Waals surface area contributed by atoms with Crippen molar-refractivity contribution in [2.24, 2.45) is 5.41 Å². The molecule has 0 radical (unpaired) electrons. The molecule has 1 fully saturated rings. The third kappa shape index (κ3) is 1.03. The van der Waals surface area contributed by atoms with Gasteiger partial charge in [-0.1, -0.05) is 24.5 Å². The molecule has 1 nitrogen and oxygen atoms in total. The lowest BCUT2D eigenvalue weighted by Crippen LogP contribution is -2.35. The fraction of sp³-hybridized carbons (Fsp3) is 0.818. The van der Waals surface area contributed by atoms with Crippen LogP contribution in [0.3, 0.4) is 0 Å². The Morgan fingerprint density at radius 1 is 1.42 bits per heavy atom. The molecular weight excluding hydrogens is 148 g/mol. The van der Waals surface area contributed by atoms with Gasteiger partial charge in [0.2, 0.25) is 0 Å². The Bertz CT molecular complexity index is 199. The summed E-state index contributed by atoms with van der Waals surface area (Å²) in [7, 11) is 0. The van der Waals surface area contributed by atoms with Crippen LogP contribution in [0.4, 0.5) is 0 Å². The van der Waals surface area contributed by atoms with E-state index in [1.165, 1.54) is 31.3 Å². The third-order valence-electron chi connectivity index (χ3n) is 3.81. The van der Waals surface area contributed by atoms with Gasteiger partial charge in [0, 0.05) is 5.41 Å². The highest BCUT2D eigenvalue weighted by molar-refractivity contribution is 5.19. The van der Waals surface area contributed by atoms with Crippen LogP contribution in [0.5, 0.6) is 0 Å². The van der Waals surface area contributed by atoms with Crippen LogP contribution < -0.4 is 0 Å². The predicted octanol–water partition coefficient (Wildman–Crippen LogP) is 2.65. The zero-order chi connectivity index (χ0) is 8.60. The summed E-state index contributed by atoms with van der Waals surface area (Å²) in [4.78, 5) is 0. The van der Waals surface area contributed by atoms with Crippen LogP contribution in [0.15, 0.2) is 11.6 Å². The molecule has 2 rings (SSSR count). The first-order valence-electron chi connectivity index (χ1n) is 5.11. The third-order valence-corrected chi connectivity index (χ3v) is 3.81. The van der Waals surface area contributed by atoms with E-state index in [1.807, 2.05) is 0 Å². The topological polar surface area (TPSA) is 20.2 Å². The van der Waals surface area contributed by atoms with Crippen LogP contribution in [0, 0.1) is 5.41 Å². The summed E-state index contributed by atoms with van der Waals surface area (Å²) in [6.45, 7) is 2.20. The SMILES string of the molecule is CC1=CCCC(O)C12CCCC2. The van der Waals surface area contributed by atoms with E-state index >= 15 is 0 Å². The first-order valence-corrected chi connectivity index (χ1v) is 5.11. The molecule has 12 heavy (non-hydrogen) atoms. The minimum atomic E-state index is -0.0509. The molecule has 0 aliphatic heterocycles. The van der Waals surface area contributed by atoms with Crippen molar-refractivity contribution in [3.05, 3.63) is 11.6 Å². The Balaban J connectivity index is 2.29. The first kappa shape index (κ1) is 8.31. The molecule has 1 spiro atoms. The number of aliphatic hydroxyl groups excluding tert-OH is 1. The van der Waals surface area contributed by atoms with Crippen LogP contribution in [0.25, 0.3) is 0 Å². The van der Waals surface area contributed by atoms with E-state index < -0.39 is 0 Å². The molecule has 0 aromatic heterocycles. The van der Waals surface area contributed by atoms with Crippen molar-refractivity contribution in [1.82, 2.24) is 0 Å². The number of hydrogen-bond acceptors (Lipinski definition) is 1. The van der Waals surface area contributed by atoms with Gasteiger partial charge >= 0.3 is 0 Å². The fourth-order valence-electron chi connectivity index (χ4n) is 2.93. The number of aliphatic hydroxyl groups is 1. The maximum absolute atomic E-state index is 9.99. The molecular formula is C11H18O. The minimum absolute atomic E-state index is 0.0509. The summed E-state index contributed by atoms with van der Waals surface area (Å²) in [6, 6.07) is 0. The van der Waals surface area contributed by atoms with Crippen LogP contribution in [0.2, 0.25) is 0 Å². The molecule has 1 N–H and O–H groups in total. The Hall–Kier alpha value is -0.300. The van der Waals surface area contributed by atoms with Gasteiger partial charge in [-0.2, -0.15) is 0 Å². The van der Waals surface area contributed by atoms with Crippen molar-refractivity contribution < 1.29 is 5.11 Å². The van der Waals surface area contributed by atoms with E-state index in [2.05, 4.69) is 13.0 Å². The van der Waals surface area contributed by atoms with Gasteiger partial charge < -0.3 is 5.11 Å². The van der Waals surface area contributed by atoms with Crippen LogP contribution in [0.1, 0.15) is 45.4 Å². The van der Waals surface area contributed by atoms with Crippen LogP contribution >= 0.6 is 0 Å². The van der Waals surface area contributed by atoms with Crippen molar-refractivity contribution in [2.75, 3.05) is 0 Å². The van der Waals surface area contributed by atoms with E-state index in [9.17, 15) is 5.11 Å². The van der Waals surface area contributed by atoms with E-state index in [0.717, 1.165) is 12.8 Å². The van der Waals surface area contributed by atoms with Crippen molar-refractivity contribution in [3.8, 4) is 0 Å². The highest BCUT2D eigenvalue weighted by atomic mass is 16.3. The van der Waals surface area contributed by atoms with Crippen LogP contribution in [-0.2, 0) is 0 Å². The highest BCUT2D eigenvalue weighted by Crippen LogP contribution is 2.49. The molecule has 1 heteroatoms. The molecule has 0 heterocycles. The molecule has 0 aromatic rings. The van der Waals surface area contributed by atoms with Gasteiger partial charge in [-0.3, -0.25) is 0 Å². The molecule has 0 amide bonds. The van der Waals surface area contributed by atoms with Crippen molar-refractivity contribution in [2.45, 2.75) is 51.6 Å². The molecule has 2 aliphatic carbocycles. The Labute approximate surface area is 74.5 Å². The summed E-state index contributed by atoms with van der Waals surface area (Å²) >= 11 is 0. The molecule has 68 valence electrons. The fourth-order valence-corrected chi connectivity index (χ4v) is 2.93. The van der Waals surface area contributed by atoms with Crippen LogP contribution in [-0.4, -0.2) is 11.2 Å². The number of hydrogen-bond donors (Lipinski definition) is 1. The molecule has 0 bridgehead atoms. The van der Waals surface area contributed by atoms with Gasteiger partial charge in [-0.25, -0.2) is 0 Å². The zero-order valence-corrected chi connectivity index (χ0v) is 7.84. The van der Waals surface area contributed by atoms with E-state index in [-0.39, 0.29) is 11.5 Å². The Morgan fingerprint density at radius 3 is 2.67 bits per heavy atom. The van der Waals surface area contributed by atoms with Gasteiger partial charge in [-0.15, -0.1) is 0 Å². The summed E-state index contributed by atoms with van der Waals surface area (Å²) in [5.41, 5.74) is 1.66. The van der Waals surface area contributed by atoms with Crippen molar-refractivity contribution in [3.63, 3.8) is 0 Å². The molecule has 1 atom stereocenters. The van der Waals surface area contributed by atoms with E-state index in [0.29, 0.717) is 0 Å². The Morgan fingerprint density at radius 2 is 2.08 bits per heavy atom. The summed E-state index contributed by atoms with van der Waals surface area (Å²) in [5.74, 6) is 0. The standard InChI is InChI=1S/C11H18O/c1-9-5-4-6-10(12)11(9)7-2-3-8-11/h5,10,12H,2-4,6-8H2,1H3. The minimum Gasteiger partial charge on any atom is -0.392 e. The van der Waals surface area contributed by atoms with Gasteiger partial charge in [0.25, 0.3) is 0 Å². The second kappa shape index (κ2) is 2.88. The lowest BCUT2D eigenvalue weighted by molar-refractivity contribution is 0.0411. The smallest absolute Gasteiger partial charge is 0.0636 e. The lowest BCUT2D eigenvalue weighted by Gasteiger charge is -2.38. The molecule has 2 aliphatic rings. The van der Waals surface area contributed by atoms with Crippen molar-refractivity contribution in [1.29, 1.82) is 0 Å². The first-order chi connectivity index (χ1) is 5.76. The maximum Gasteiger partial charge on any atom is 0.0636 e. The second-order valence-electron chi connectivity index (χ2n) is 4.34. The summed E-state index contributed by atoms with van der Waals surface area (Å²) in [5, 5.41) is 9.99. The average Bonchev–Trinajstić information content (AvgIpc) is 2.50. The molecule has 0 aromatic carbocycles. The molecule has 0 saturated heterocycles. The largest absolute Gasteiger partial charge is 0.392 e. The van der Waals surface area contributed by atoms with E-state index in [4.69, 9.17) is 0 Å². The van der Waals surface area contributed by atoms with Gasteiger partial charge in [0.1, 0.15) is 0 Å². The summed E-state index contributed by atoms with van der Waals surface area (Å²) in [6.07, 6.45) is 9.40. The van der Waals surface area contributed by atoms with Crippen molar-refractivity contribution >= 4 is 0 Å². The second-order valence-corrected chi connectivity index (χ2v) is 4.34. The lowest BCUT2D eigenvalue weighted by atomic mass is 9.70. The average molecular weight is 166 g/mol. The molecule has 1 unspecified atom stereocenters. The number of rotatable bonds is 0. The highest BCUT2D eigenvalue weighted by Gasteiger charge is 2.42. The zero-order valence-electron chi connectivity index (χ0n) is 7.84. The maximum atomic E-state index is 9.99. The number of allylic oxidation sites excluding steroid dienone is 1. The normalized spacial score (nSPS) is 33.8.